The van der Waals surface area contributed by atoms with E-state index >= 15 is 0 Å². The lowest BCUT2D eigenvalue weighted by Gasteiger charge is -2.33. The molecule has 1 amide bonds. The Morgan fingerprint density at radius 2 is 2.15 bits per heavy atom. The number of rotatable bonds is 7. The maximum absolute atomic E-state index is 14.5. The summed E-state index contributed by atoms with van der Waals surface area (Å²) < 4.78 is 28.9. The Balaban J connectivity index is 2.54. The second kappa shape index (κ2) is 8.48. The summed E-state index contributed by atoms with van der Waals surface area (Å²) in [5.74, 6) is -2.49. The molecule has 0 fully saturated rings. The standard InChI is InChI=1S/C19H19F2N3O2/c1-3-14(17-12(2)5-4-6-15(17)20)16(10-25)24(11-26)19-18(21)13(9-22)7-8-23-19/h6-8,10-11,14,16H,3-5H2,1-2H3/t14?,16-/m1/s1. The molecule has 0 aliphatic heterocycles. The number of anilines is 1. The van der Waals surface area contributed by atoms with Crippen LogP contribution in [0, 0.1) is 23.1 Å². The molecule has 136 valence electrons. The molecule has 0 saturated heterocycles. The highest BCUT2D eigenvalue weighted by Gasteiger charge is 2.34. The molecule has 26 heavy (non-hydrogen) atoms. The first-order valence-electron chi connectivity index (χ1n) is 8.29. The molecule has 1 heterocycles. The van der Waals surface area contributed by atoms with Gasteiger partial charge in [0, 0.05) is 12.1 Å². The number of aromatic nitrogens is 1. The van der Waals surface area contributed by atoms with Crippen molar-refractivity contribution < 1.29 is 18.4 Å². The van der Waals surface area contributed by atoms with Gasteiger partial charge in [0.15, 0.2) is 11.6 Å². The number of aldehydes is 1. The Kier molecular flexibility index (Phi) is 6.34. The van der Waals surface area contributed by atoms with Gasteiger partial charge in [-0.15, -0.1) is 0 Å². The molecule has 5 nitrogen and oxygen atoms in total. The Labute approximate surface area is 150 Å². The van der Waals surface area contributed by atoms with Crippen molar-refractivity contribution in [2.24, 2.45) is 5.92 Å². The molecule has 0 N–H and O–H groups in total. The van der Waals surface area contributed by atoms with E-state index in [4.69, 9.17) is 5.26 Å². The van der Waals surface area contributed by atoms with Crippen molar-refractivity contribution in [1.82, 2.24) is 4.98 Å². The summed E-state index contributed by atoms with van der Waals surface area (Å²) in [4.78, 5) is 28.1. The van der Waals surface area contributed by atoms with Crippen molar-refractivity contribution >= 4 is 18.5 Å². The fourth-order valence-electron chi connectivity index (χ4n) is 3.29. The highest BCUT2D eigenvalue weighted by molar-refractivity contribution is 5.83. The molecule has 1 aromatic heterocycles. The third-order valence-corrected chi connectivity index (χ3v) is 4.59. The molecule has 0 saturated carbocycles. The normalized spacial score (nSPS) is 16.3. The molecule has 0 spiro atoms. The Morgan fingerprint density at radius 1 is 1.42 bits per heavy atom. The van der Waals surface area contributed by atoms with Crippen LogP contribution in [0.25, 0.3) is 0 Å². The van der Waals surface area contributed by atoms with Gasteiger partial charge < -0.3 is 4.79 Å². The molecule has 2 rings (SSSR count). The highest BCUT2D eigenvalue weighted by Crippen LogP contribution is 2.36. The predicted molar refractivity (Wildman–Crippen MR) is 92.2 cm³/mol. The minimum atomic E-state index is -1.14. The topological polar surface area (TPSA) is 74.1 Å². The third kappa shape index (κ3) is 3.54. The predicted octanol–water partition coefficient (Wildman–Crippen LogP) is 3.61. The van der Waals surface area contributed by atoms with E-state index < -0.39 is 29.4 Å². The van der Waals surface area contributed by atoms with E-state index in [-0.39, 0.29) is 12.0 Å². The van der Waals surface area contributed by atoms with Crippen LogP contribution >= 0.6 is 0 Å². The lowest BCUT2D eigenvalue weighted by molar-refractivity contribution is -0.114. The van der Waals surface area contributed by atoms with Gasteiger partial charge in [-0.3, -0.25) is 9.69 Å². The van der Waals surface area contributed by atoms with Crippen molar-refractivity contribution in [3.8, 4) is 6.07 Å². The van der Waals surface area contributed by atoms with E-state index in [0.29, 0.717) is 31.1 Å². The number of allylic oxidation sites excluding steroid dienone is 3. The van der Waals surface area contributed by atoms with E-state index in [0.717, 1.165) is 10.5 Å². The molecule has 0 radical (unpaired) electrons. The van der Waals surface area contributed by atoms with Gasteiger partial charge in [0.1, 0.15) is 24.2 Å². The molecule has 1 aliphatic carbocycles. The number of nitriles is 1. The van der Waals surface area contributed by atoms with Crippen LogP contribution in [-0.2, 0) is 9.59 Å². The van der Waals surface area contributed by atoms with Gasteiger partial charge in [-0.2, -0.15) is 5.26 Å². The monoisotopic (exact) mass is 359 g/mol. The molecule has 1 aromatic rings. The van der Waals surface area contributed by atoms with Crippen LogP contribution in [0.4, 0.5) is 14.6 Å². The van der Waals surface area contributed by atoms with Gasteiger partial charge in [-0.1, -0.05) is 12.5 Å². The summed E-state index contributed by atoms with van der Waals surface area (Å²) in [6.45, 7) is 3.55. The average Bonchev–Trinajstić information content (AvgIpc) is 2.64. The molecule has 1 aliphatic rings. The second-order valence-electron chi connectivity index (χ2n) is 6.05. The van der Waals surface area contributed by atoms with Crippen molar-refractivity contribution in [1.29, 1.82) is 5.26 Å². The maximum atomic E-state index is 14.5. The molecule has 2 atom stereocenters. The number of pyridine rings is 1. The summed E-state index contributed by atoms with van der Waals surface area (Å²) >= 11 is 0. The molecule has 7 heteroatoms. The zero-order chi connectivity index (χ0) is 19.3. The van der Waals surface area contributed by atoms with Gasteiger partial charge >= 0.3 is 0 Å². The zero-order valence-electron chi connectivity index (χ0n) is 14.6. The average molecular weight is 359 g/mol. The van der Waals surface area contributed by atoms with Crippen molar-refractivity contribution in [2.75, 3.05) is 4.90 Å². The van der Waals surface area contributed by atoms with Crippen LogP contribution in [-0.4, -0.2) is 23.7 Å². The Morgan fingerprint density at radius 3 is 2.69 bits per heavy atom. The van der Waals surface area contributed by atoms with Gasteiger partial charge in [0.25, 0.3) is 0 Å². The number of carbonyl (C=O) groups excluding carboxylic acids is 2. The fraction of sp³-hybridized carbons (Fsp3) is 0.368. The van der Waals surface area contributed by atoms with E-state index in [1.165, 1.54) is 18.3 Å². The number of hydrogen-bond acceptors (Lipinski definition) is 4. The lowest BCUT2D eigenvalue weighted by Crippen LogP contribution is -2.43. The number of halogens is 2. The van der Waals surface area contributed by atoms with Crippen molar-refractivity contribution in [3.63, 3.8) is 0 Å². The van der Waals surface area contributed by atoms with Crippen LogP contribution in [0.2, 0.25) is 0 Å². The van der Waals surface area contributed by atoms with Gasteiger partial charge in [-0.25, -0.2) is 13.8 Å². The minimum absolute atomic E-state index is 0.286. The van der Waals surface area contributed by atoms with Gasteiger partial charge in [0.05, 0.1) is 5.56 Å². The first-order chi connectivity index (χ1) is 12.5. The summed E-state index contributed by atoms with van der Waals surface area (Å²) in [5, 5.41) is 8.96. The second-order valence-corrected chi connectivity index (χ2v) is 6.05. The number of nitrogens with zero attached hydrogens (tertiary/aromatic N) is 3. The van der Waals surface area contributed by atoms with E-state index in [9.17, 15) is 18.4 Å². The Hall–Kier alpha value is -2.88. The maximum Gasteiger partial charge on any atom is 0.216 e. The molecule has 1 unspecified atom stereocenters. The highest BCUT2D eigenvalue weighted by atomic mass is 19.1. The lowest BCUT2D eigenvalue weighted by atomic mass is 9.82. The van der Waals surface area contributed by atoms with Crippen LogP contribution < -0.4 is 4.90 Å². The molecule has 0 bridgehead atoms. The Bertz CT molecular complexity index is 811. The summed E-state index contributed by atoms with van der Waals surface area (Å²) in [5.41, 5.74) is 0.881. The SMILES string of the molecule is CCC(C1=C(C)CCC=C1F)[C@@H](C=O)N(C=O)c1nccc(C#N)c1F. The molecular formula is C19H19F2N3O2. The van der Waals surface area contributed by atoms with Crippen molar-refractivity contribution in [3.05, 3.63) is 46.7 Å². The quantitative estimate of drug-likeness (QED) is 0.697. The largest absolute Gasteiger partial charge is 0.301 e. The number of hydrogen-bond donors (Lipinski definition) is 0. The van der Waals surface area contributed by atoms with Gasteiger partial charge in [0.2, 0.25) is 6.41 Å². The van der Waals surface area contributed by atoms with Crippen molar-refractivity contribution in [2.45, 2.75) is 39.2 Å². The first-order valence-corrected chi connectivity index (χ1v) is 8.29. The summed E-state index contributed by atoms with van der Waals surface area (Å²) in [6.07, 6.45) is 5.00. The zero-order valence-corrected chi connectivity index (χ0v) is 14.6. The fourth-order valence-corrected chi connectivity index (χ4v) is 3.29. The third-order valence-electron chi connectivity index (χ3n) is 4.59. The van der Waals surface area contributed by atoms with Crippen LogP contribution in [0.5, 0.6) is 0 Å². The van der Waals surface area contributed by atoms with Crippen LogP contribution in [0.1, 0.15) is 38.7 Å². The van der Waals surface area contributed by atoms with Gasteiger partial charge in [-0.05, 0) is 43.9 Å². The first kappa shape index (κ1) is 19.4. The molecule has 0 aromatic carbocycles. The smallest absolute Gasteiger partial charge is 0.216 e. The van der Waals surface area contributed by atoms with Crippen LogP contribution in [0.15, 0.2) is 35.3 Å². The summed E-state index contributed by atoms with van der Waals surface area (Å²) in [6, 6.07) is 1.70. The number of amides is 1. The van der Waals surface area contributed by atoms with E-state index in [1.54, 1.807) is 19.9 Å². The van der Waals surface area contributed by atoms with Crippen LogP contribution in [0.3, 0.4) is 0 Å². The number of carbonyl (C=O) groups is 2. The summed E-state index contributed by atoms with van der Waals surface area (Å²) in [7, 11) is 0. The van der Waals surface area contributed by atoms with E-state index in [2.05, 4.69) is 4.98 Å². The van der Waals surface area contributed by atoms with E-state index in [1.807, 2.05) is 0 Å². The molecular weight excluding hydrogens is 340 g/mol. The minimum Gasteiger partial charge on any atom is -0.301 e.